The summed E-state index contributed by atoms with van der Waals surface area (Å²) in [6, 6.07) is 9.37. The van der Waals surface area contributed by atoms with Crippen molar-refractivity contribution >= 4 is 7.12 Å². The van der Waals surface area contributed by atoms with Gasteiger partial charge in [-0.05, 0) is 12.1 Å². The number of hydrogen-bond acceptors (Lipinski definition) is 5. The Morgan fingerprint density at radius 3 is 2.71 bits per heavy atom. The largest absolute Gasteiger partial charge is 0.487 e. The van der Waals surface area contributed by atoms with Crippen LogP contribution in [0, 0.1) is 0 Å². The summed E-state index contributed by atoms with van der Waals surface area (Å²) in [5.74, 6) is 0.754. The Bertz CT molecular complexity index is 461. The van der Waals surface area contributed by atoms with Crippen molar-refractivity contribution in [2.45, 2.75) is 13.1 Å². The highest BCUT2D eigenvalue weighted by molar-refractivity contribution is 6.39. The lowest BCUT2D eigenvalue weighted by molar-refractivity contribution is 0.301. The van der Waals surface area contributed by atoms with Crippen molar-refractivity contribution in [1.82, 2.24) is 15.0 Å². The molecular formula is C10H12BN3O3. The van der Waals surface area contributed by atoms with Crippen LogP contribution in [0.3, 0.4) is 0 Å². The first-order valence-corrected chi connectivity index (χ1v) is 5.17. The maximum Gasteiger partial charge on any atom is 0.474 e. The molecule has 1 aromatic carbocycles. The molecule has 0 bridgehead atoms. The molecule has 0 saturated heterocycles. The third kappa shape index (κ3) is 3.58. The number of ether oxygens (including phenoxy) is 1. The number of benzene rings is 1. The van der Waals surface area contributed by atoms with E-state index >= 15 is 0 Å². The second-order valence-corrected chi connectivity index (χ2v) is 3.51. The van der Waals surface area contributed by atoms with Crippen LogP contribution in [-0.2, 0) is 13.1 Å². The average molecular weight is 233 g/mol. The minimum Gasteiger partial charge on any atom is -0.487 e. The summed E-state index contributed by atoms with van der Waals surface area (Å²) >= 11 is 0. The van der Waals surface area contributed by atoms with Crippen molar-refractivity contribution in [3.63, 3.8) is 0 Å². The second kappa shape index (κ2) is 5.47. The van der Waals surface area contributed by atoms with Gasteiger partial charge in [0.1, 0.15) is 18.1 Å². The fraction of sp³-hybridized carbons (Fsp3) is 0.200. The summed E-state index contributed by atoms with van der Waals surface area (Å²) in [5.41, 5.74) is 0.634. The average Bonchev–Trinajstić information content (AvgIpc) is 2.75. The SMILES string of the molecule is OB(O)Cn1cc(COc2ccccc2)nn1. The summed E-state index contributed by atoms with van der Waals surface area (Å²) in [7, 11) is -1.43. The van der Waals surface area contributed by atoms with Crippen LogP contribution in [0.15, 0.2) is 36.5 Å². The molecule has 1 heterocycles. The van der Waals surface area contributed by atoms with Crippen molar-refractivity contribution in [3.8, 4) is 5.75 Å². The van der Waals surface area contributed by atoms with Crippen molar-refractivity contribution in [3.05, 3.63) is 42.2 Å². The molecule has 0 fully saturated rings. The lowest BCUT2D eigenvalue weighted by Gasteiger charge is -2.02. The molecule has 1 aromatic heterocycles. The van der Waals surface area contributed by atoms with Gasteiger partial charge in [0.2, 0.25) is 0 Å². The zero-order chi connectivity index (χ0) is 12.1. The minimum atomic E-state index is -1.43. The van der Waals surface area contributed by atoms with Crippen LogP contribution in [0.5, 0.6) is 5.75 Å². The highest BCUT2D eigenvalue weighted by atomic mass is 16.5. The van der Waals surface area contributed by atoms with E-state index in [4.69, 9.17) is 14.8 Å². The molecule has 88 valence electrons. The normalized spacial score (nSPS) is 10.2. The summed E-state index contributed by atoms with van der Waals surface area (Å²) in [5, 5.41) is 25.1. The number of hydrogen-bond donors (Lipinski definition) is 2. The van der Waals surface area contributed by atoms with Gasteiger partial charge in [-0.3, -0.25) is 4.68 Å². The summed E-state index contributed by atoms with van der Waals surface area (Å²) < 4.78 is 6.83. The molecule has 2 aromatic rings. The monoisotopic (exact) mass is 233 g/mol. The number of rotatable bonds is 5. The van der Waals surface area contributed by atoms with E-state index in [9.17, 15) is 0 Å². The van der Waals surface area contributed by atoms with Crippen LogP contribution in [0.4, 0.5) is 0 Å². The molecule has 2 rings (SSSR count). The highest BCUT2D eigenvalue weighted by Crippen LogP contribution is 2.10. The van der Waals surface area contributed by atoms with Crippen LogP contribution < -0.4 is 4.74 Å². The van der Waals surface area contributed by atoms with Crippen molar-refractivity contribution in [1.29, 1.82) is 0 Å². The molecule has 0 atom stereocenters. The Kier molecular flexibility index (Phi) is 3.74. The molecule has 17 heavy (non-hydrogen) atoms. The summed E-state index contributed by atoms with van der Waals surface area (Å²) in [6.45, 7) is 0.297. The number of para-hydroxylation sites is 1. The molecule has 0 aliphatic carbocycles. The molecule has 2 N–H and O–H groups in total. The molecule has 0 radical (unpaired) electrons. The first-order valence-electron chi connectivity index (χ1n) is 5.17. The van der Waals surface area contributed by atoms with Crippen LogP contribution in [0.25, 0.3) is 0 Å². The summed E-state index contributed by atoms with van der Waals surface area (Å²) in [6.07, 6.45) is 1.61. The van der Waals surface area contributed by atoms with E-state index in [0.29, 0.717) is 12.3 Å². The predicted molar refractivity (Wildman–Crippen MR) is 61.0 cm³/mol. The van der Waals surface area contributed by atoms with Crippen molar-refractivity contribution in [2.24, 2.45) is 0 Å². The first kappa shape index (κ1) is 11.6. The van der Waals surface area contributed by atoms with E-state index in [1.54, 1.807) is 6.20 Å². The van der Waals surface area contributed by atoms with Gasteiger partial charge >= 0.3 is 7.12 Å². The van der Waals surface area contributed by atoms with Gasteiger partial charge in [-0.2, -0.15) is 0 Å². The maximum absolute atomic E-state index is 8.76. The van der Waals surface area contributed by atoms with E-state index in [-0.39, 0.29) is 6.44 Å². The predicted octanol–water partition coefficient (Wildman–Crippen LogP) is -0.131. The van der Waals surface area contributed by atoms with Gasteiger partial charge in [-0.25, -0.2) is 0 Å². The topological polar surface area (TPSA) is 80.4 Å². The van der Waals surface area contributed by atoms with Gasteiger partial charge in [0.15, 0.2) is 0 Å². The summed E-state index contributed by atoms with van der Waals surface area (Å²) in [4.78, 5) is 0. The quantitative estimate of drug-likeness (QED) is 0.703. The third-order valence-corrected chi connectivity index (χ3v) is 2.07. The Labute approximate surface area is 98.6 Å². The minimum absolute atomic E-state index is 0.00165. The Morgan fingerprint density at radius 1 is 1.24 bits per heavy atom. The first-order chi connectivity index (χ1) is 8.24. The molecule has 0 saturated carbocycles. The smallest absolute Gasteiger partial charge is 0.474 e. The third-order valence-electron chi connectivity index (χ3n) is 2.07. The second-order valence-electron chi connectivity index (χ2n) is 3.51. The van der Waals surface area contributed by atoms with Gasteiger partial charge in [-0.1, -0.05) is 23.4 Å². The fourth-order valence-electron chi connectivity index (χ4n) is 1.34. The van der Waals surface area contributed by atoms with Gasteiger partial charge in [0.05, 0.1) is 12.6 Å². The standard InChI is InChI=1S/C10H12BN3O3/c15-11(16)8-14-6-9(12-13-14)7-17-10-4-2-1-3-5-10/h1-6,15-16H,7-8H2. The van der Waals surface area contributed by atoms with Gasteiger partial charge in [-0.15, -0.1) is 5.10 Å². The molecule has 0 spiro atoms. The van der Waals surface area contributed by atoms with Crippen molar-refractivity contribution in [2.75, 3.05) is 0 Å². The van der Waals surface area contributed by atoms with E-state index in [2.05, 4.69) is 10.3 Å². The lowest BCUT2D eigenvalue weighted by atomic mass is 9.93. The molecule has 6 nitrogen and oxygen atoms in total. The van der Waals surface area contributed by atoms with Gasteiger partial charge < -0.3 is 14.8 Å². The van der Waals surface area contributed by atoms with Crippen LogP contribution in [0.1, 0.15) is 5.69 Å². The fourth-order valence-corrected chi connectivity index (χ4v) is 1.34. The van der Waals surface area contributed by atoms with E-state index in [1.165, 1.54) is 4.68 Å². The molecule has 7 heteroatoms. The van der Waals surface area contributed by atoms with E-state index in [0.717, 1.165) is 5.75 Å². The van der Waals surface area contributed by atoms with E-state index in [1.807, 2.05) is 30.3 Å². The molecule has 0 aliphatic heterocycles. The highest BCUT2D eigenvalue weighted by Gasteiger charge is 2.09. The molecule has 0 aliphatic rings. The van der Waals surface area contributed by atoms with E-state index < -0.39 is 7.12 Å². The maximum atomic E-state index is 8.76. The Balaban J connectivity index is 1.89. The molecule has 0 unspecified atom stereocenters. The Morgan fingerprint density at radius 2 is 2.00 bits per heavy atom. The van der Waals surface area contributed by atoms with Crippen LogP contribution in [-0.4, -0.2) is 32.2 Å². The van der Waals surface area contributed by atoms with Gasteiger partial charge in [0.25, 0.3) is 0 Å². The Hall–Kier alpha value is -1.86. The zero-order valence-electron chi connectivity index (χ0n) is 9.10. The zero-order valence-corrected chi connectivity index (χ0v) is 9.10. The number of nitrogens with zero attached hydrogens (tertiary/aromatic N) is 3. The molecular weight excluding hydrogens is 221 g/mol. The number of aromatic nitrogens is 3. The van der Waals surface area contributed by atoms with Crippen LogP contribution >= 0.6 is 0 Å². The van der Waals surface area contributed by atoms with Gasteiger partial charge in [0, 0.05) is 0 Å². The van der Waals surface area contributed by atoms with Crippen LogP contribution in [0.2, 0.25) is 0 Å². The lowest BCUT2D eigenvalue weighted by Crippen LogP contribution is -2.20. The van der Waals surface area contributed by atoms with Crippen molar-refractivity contribution < 1.29 is 14.8 Å². The molecule has 0 amide bonds.